The lowest BCUT2D eigenvalue weighted by Gasteiger charge is -2.17. The summed E-state index contributed by atoms with van der Waals surface area (Å²) in [6.45, 7) is 0. The van der Waals surface area contributed by atoms with Gasteiger partial charge in [0.1, 0.15) is 0 Å². The summed E-state index contributed by atoms with van der Waals surface area (Å²) in [4.78, 5) is 12.8. The highest BCUT2D eigenvalue weighted by molar-refractivity contribution is 6.42. The zero-order chi connectivity index (χ0) is 18.0. The Labute approximate surface area is 166 Å². The molecule has 1 aliphatic carbocycles. The quantitative estimate of drug-likeness (QED) is 0.467. The van der Waals surface area contributed by atoms with E-state index in [1.54, 1.807) is 24.3 Å². The van der Waals surface area contributed by atoms with Gasteiger partial charge >= 0.3 is 0 Å². The molecule has 25 heavy (non-hydrogen) atoms. The molecule has 0 atom stereocenters. The third-order valence-electron chi connectivity index (χ3n) is 4.04. The van der Waals surface area contributed by atoms with Crippen molar-refractivity contribution in [3.63, 3.8) is 0 Å². The minimum atomic E-state index is 0.0587. The largest absolute Gasteiger partial charge is 0.289 e. The highest BCUT2D eigenvalue weighted by Crippen LogP contribution is 2.31. The normalized spacial score (nSPS) is 18.2. The van der Waals surface area contributed by atoms with Gasteiger partial charge in [0.25, 0.3) is 0 Å². The van der Waals surface area contributed by atoms with Crippen molar-refractivity contribution in [3.05, 3.63) is 78.8 Å². The maximum absolute atomic E-state index is 12.8. The minimum Gasteiger partial charge on any atom is -0.289 e. The number of ketones is 1. The average Bonchev–Trinajstić information content (AvgIpc) is 2.58. The third-order valence-corrected chi connectivity index (χ3v) is 5.52. The van der Waals surface area contributed by atoms with E-state index in [1.165, 1.54) is 0 Å². The molecule has 128 valence electrons. The van der Waals surface area contributed by atoms with Crippen LogP contribution in [0.1, 0.15) is 30.4 Å². The van der Waals surface area contributed by atoms with E-state index in [0.29, 0.717) is 20.1 Å². The summed E-state index contributed by atoms with van der Waals surface area (Å²) < 4.78 is 0. The summed E-state index contributed by atoms with van der Waals surface area (Å²) in [5, 5.41) is 1.95. The fourth-order valence-corrected chi connectivity index (χ4v) is 3.40. The second kappa shape index (κ2) is 7.97. The summed E-state index contributed by atoms with van der Waals surface area (Å²) in [5.41, 5.74) is 3.29. The zero-order valence-electron chi connectivity index (χ0n) is 13.2. The predicted octanol–water partition coefficient (Wildman–Crippen LogP) is 7.52. The van der Waals surface area contributed by atoms with Crippen LogP contribution in [-0.4, -0.2) is 5.78 Å². The van der Waals surface area contributed by atoms with Crippen molar-refractivity contribution in [2.75, 3.05) is 0 Å². The van der Waals surface area contributed by atoms with Crippen LogP contribution in [0.15, 0.2) is 47.5 Å². The molecular weight excluding hydrogens is 398 g/mol. The molecule has 2 aromatic rings. The number of rotatable bonds is 2. The van der Waals surface area contributed by atoms with Crippen LogP contribution in [0.2, 0.25) is 20.1 Å². The Morgan fingerprint density at radius 3 is 1.52 bits per heavy atom. The SMILES string of the molecule is O=C1/C(=C\c2ccc(Cl)c(Cl)c2)CCC/C1=C\c1ccc(Cl)c(Cl)c1. The molecule has 1 aliphatic rings. The Kier molecular flexibility index (Phi) is 5.91. The van der Waals surface area contributed by atoms with Gasteiger partial charge in [-0.25, -0.2) is 0 Å². The van der Waals surface area contributed by atoms with Crippen molar-refractivity contribution >= 4 is 64.3 Å². The highest BCUT2D eigenvalue weighted by atomic mass is 35.5. The Balaban J connectivity index is 1.89. The van der Waals surface area contributed by atoms with E-state index in [-0.39, 0.29) is 5.78 Å². The van der Waals surface area contributed by atoms with Crippen molar-refractivity contribution in [3.8, 4) is 0 Å². The van der Waals surface area contributed by atoms with Gasteiger partial charge < -0.3 is 0 Å². The number of hydrogen-bond acceptors (Lipinski definition) is 1. The summed E-state index contributed by atoms with van der Waals surface area (Å²) in [7, 11) is 0. The molecule has 0 radical (unpaired) electrons. The molecular formula is C20H14Cl4O. The van der Waals surface area contributed by atoms with Gasteiger partial charge in [-0.15, -0.1) is 0 Å². The molecule has 0 saturated heterocycles. The van der Waals surface area contributed by atoms with Gasteiger partial charge in [0.15, 0.2) is 5.78 Å². The lowest BCUT2D eigenvalue weighted by molar-refractivity contribution is -0.112. The Hall–Kier alpha value is -1.25. The van der Waals surface area contributed by atoms with Crippen LogP contribution in [0.25, 0.3) is 12.2 Å². The first kappa shape index (κ1) is 18.5. The second-order valence-corrected chi connectivity index (χ2v) is 7.50. The molecule has 0 unspecified atom stereocenters. The van der Waals surface area contributed by atoms with E-state index in [0.717, 1.165) is 41.5 Å². The van der Waals surface area contributed by atoms with Crippen LogP contribution in [-0.2, 0) is 4.79 Å². The highest BCUT2D eigenvalue weighted by Gasteiger charge is 2.20. The summed E-state index contributed by atoms with van der Waals surface area (Å²) >= 11 is 24.0. The molecule has 0 N–H and O–H groups in total. The molecule has 1 nitrogen and oxygen atoms in total. The Bertz CT molecular complexity index is 825. The molecule has 1 saturated carbocycles. The third kappa shape index (κ3) is 4.48. The molecule has 0 aromatic heterocycles. The standard InChI is InChI=1S/C20H14Cl4O/c21-16-6-4-12(10-18(16)23)8-14-2-1-3-15(20(14)25)9-13-5-7-17(22)19(24)11-13/h4-11H,1-3H2/b14-8-,15-9+. The molecule has 5 heteroatoms. The first-order valence-electron chi connectivity index (χ1n) is 7.80. The molecule has 2 aromatic carbocycles. The molecule has 0 amide bonds. The van der Waals surface area contributed by atoms with Gasteiger partial charge in [-0.3, -0.25) is 4.79 Å². The lowest BCUT2D eigenvalue weighted by Crippen LogP contribution is -2.12. The number of allylic oxidation sites excluding steroid dienone is 2. The zero-order valence-corrected chi connectivity index (χ0v) is 16.2. The van der Waals surface area contributed by atoms with Crippen LogP contribution in [0, 0.1) is 0 Å². The number of halogens is 4. The molecule has 0 spiro atoms. The van der Waals surface area contributed by atoms with Gasteiger partial charge in [-0.2, -0.15) is 0 Å². The molecule has 0 heterocycles. The fraction of sp³-hybridized carbons (Fsp3) is 0.150. The number of carbonyl (C=O) groups is 1. The van der Waals surface area contributed by atoms with Gasteiger partial charge in [-0.05, 0) is 66.8 Å². The predicted molar refractivity (Wildman–Crippen MR) is 108 cm³/mol. The average molecular weight is 412 g/mol. The summed E-state index contributed by atoms with van der Waals surface area (Å²) in [6.07, 6.45) is 6.18. The van der Waals surface area contributed by atoms with Crippen molar-refractivity contribution in [1.82, 2.24) is 0 Å². The van der Waals surface area contributed by atoms with Gasteiger partial charge in [-0.1, -0.05) is 58.5 Å². The molecule has 3 rings (SSSR count). The van der Waals surface area contributed by atoms with Crippen LogP contribution in [0.4, 0.5) is 0 Å². The number of hydrogen-bond donors (Lipinski definition) is 0. The van der Waals surface area contributed by atoms with Crippen molar-refractivity contribution in [2.24, 2.45) is 0 Å². The Morgan fingerprint density at radius 1 is 0.680 bits per heavy atom. The first-order valence-corrected chi connectivity index (χ1v) is 9.31. The van der Waals surface area contributed by atoms with Gasteiger partial charge in [0.2, 0.25) is 0 Å². The Morgan fingerprint density at radius 2 is 1.12 bits per heavy atom. The van der Waals surface area contributed by atoms with Crippen LogP contribution in [0.5, 0.6) is 0 Å². The molecule has 0 aliphatic heterocycles. The minimum absolute atomic E-state index is 0.0587. The van der Waals surface area contributed by atoms with E-state index >= 15 is 0 Å². The van der Waals surface area contributed by atoms with E-state index in [9.17, 15) is 4.79 Å². The topological polar surface area (TPSA) is 17.1 Å². The summed E-state index contributed by atoms with van der Waals surface area (Å²) in [5.74, 6) is 0.0587. The lowest BCUT2D eigenvalue weighted by atomic mass is 9.87. The van der Waals surface area contributed by atoms with Crippen LogP contribution in [0.3, 0.4) is 0 Å². The van der Waals surface area contributed by atoms with E-state index in [2.05, 4.69) is 0 Å². The number of Topliss-reactive ketones (excluding diaryl/α,β-unsaturated/α-hetero) is 1. The van der Waals surface area contributed by atoms with Gasteiger partial charge in [0, 0.05) is 11.1 Å². The van der Waals surface area contributed by atoms with Crippen molar-refractivity contribution in [2.45, 2.75) is 19.3 Å². The fourth-order valence-electron chi connectivity index (χ4n) is 2.78. The van der Waals surface area contributed by atoms with E-state index < -0.39 is 0 Å². The molecule has 1 fully saturated rings. The molecule has 0 bridgehead atoms. The van der Waals surface area contributed by atoms with Gasteiger partial charge in [0.05, 0.1) is 20.1 Å². The maximum atomic E-state index is 12.8. The van der Waals surface area contributed by atoms with Crippen LogP contribution >= 0.6 is 46.4 Å². The van der Waals surface area contributed by atoms with E-state index in [4.69, 9.17) is 46.4 Å². The van der Waals surface area contributed by atoms with Crippen molar-refractivity contribution in [1.29, 1.82) is 0 Å². The maximum Gasteiger partial charge on any atom is 0.185 e. The van der Waals surface area contributed by atoms with Crippen molar-refractivity contribution < 1.29 is 4.79 Å². The first-order chi connectivity index (χ1) is 11.9. The monoisotopic (exact) mass is 410 g/mol. The number of carbonyl (C=O) groups excluding carboxylic acids is 1. The second-order valence-electron chi connectivity index (χ2n) is 5.87. The summed E-state index contributed by atoms with van der Waals surface area (Å²) in [6, 6.07) is 10.7. The number of benzene rings is 2. The van der Waals surface area contributed by atoms with Crippen LogP contribution < -0.4 is 0 Å². The smallest absolute Gasteiger partial charge is 0.185 e. The van der Waals surface area contributed by atoms with E-state index in [1.807, 2.05) is 24.3 Å².